The fourth-order valence-electron chi connectivity index (χ4n) is 2.78. The molecular formula is C13H18FN5O. The molecule has 20 heavy (non-hydrogen) atoms. The Bertz CT molecular complexity index is 643. The fourth-order valence-corrected chi connectivity index (χ4v) is 2.78. The largest absolute Gasteiger partial charge is 0.381 e. The Morgan fingerprint density at radius 1 is 1.45 bits per heavy atom. The van der Waals surface area contributed by atoms with E-state index in [-0.39, 0.29) is 6.61 Å². The van der Waals surface area contributed by atoms with Crippen LogP contribution in [-0.4, -0.2) is 52.1 Å². The Morgan fingerprint density at radius 3 is 3.00 bits per heavy atom. The van der Waals surface area contributed by atoms with E-state index in [4.69, 9.17) is 4.74 Å². The second kappa shape index (κ2) is 4.66. The lowest BCUT2D eigenvalue weighted by atomic mass is 10.1. The van der Waals surface area contributed by atoms with Gasteiger partial charge in [-0.3, -0.25) is 0 Å². The van der Waals surface area contributed by atoms with Gasteiger partial charge in [0.15, 0.2) is 5.67 Å². The van der Waals surface area contributed by atoms with E-state index in [1.807, 2.05) is 18.7 Å². The second-order valence-corrected chi connectivity index (χ2v) is 5.37. The zero-order valence-corrected chi connectivity index (χ0v) is 11.9. The van der Waals surface area contributed by atoms with Gasteiger partial charge < -0.3 is 9.64 Å². The molecule has 7 heteroatoms. The standard InChI is InChI=1S/C13H18FN5O/c1-9-10(2)17-12-15-8-16-19(12)11(9)18-5-4-13(14,6-18)7-20-3/h8H,4-7H2,1-3H3. The molecule has 108 valence electrons. The van der Waals surface area contributed by atoms with Crippen LogP contribution in [0.5, 0.6) is 0 Å². The Morgan fingerprint density at radius 2 is 2.25 bits per heavy atom. The molecule has 0 saturated carbocycles. The van der Waals surface area contributed by atoms with Crippen molar-refractivity contribution in [3.8, 4) is 0 Å². The molecule has 1 aliphatic heterocycles. The maximum atomic E-state index is 14.6. The molecule has 6 nitrogen and oxygen atoms in total. The SMILES string of the molecule is COCC1(F)CCN(c2c(C)c(C)nc3ncnn23)C1. The highest BCUT2D eigenvalue weighted by Crippen LogP contribution is 2.32. The molecule has 1 atom stereocenters. The Kier molecular flexibility index (Phi) is 3.08. The van der Waals surface area contributed by atoms with Crippen LogP contribution >= 0.6 is 0 Å². The van der Waals surface area contributed by atoms with Crippen molar-refractivity contribution >= 4 is 11.6 Å². The molecule has 0 N–H and O–H groups in total. The zero-order valence-electron chi connectivity index (χ0n) is 11.9. The van der Waals surface area contributed by atoms with E-state index < -0.39 is 5.67 Å². The quantitative estimate of drug-likeness (QED) is 0.848. The van der Waals surface area contributed by atoms with Crippen LogP contribution in [0.15, 0.2) is 6.33 Å². The van der Waals surface area contributed by atoms with Gasteiger partial charge in [0, 0.05) is 31.3 Å². The van der Waals surface area contributed by atoms with Gasteiger partial charge in [-0.1, -0.05) is 0 Å². The minimum absolute atomic E-state index is 0.118. The van der Waals surface area contributed by atoms with Crippen molar-refractivity contribution in [3.05, 3.63) is 17.6 Å². The Hall–Kier alpha value is -1.76. The number of aromatic nitrogens is 4. The maximum absolute atomic E-state index is 14.6. The van der Waals surface area contributed by atoms with Gasteiger partial charge in [0.2, 0.25) is 0 Å². The maximum Gasteiger partial charge on any atom is 0.254 e. The number of halogens is 1. The summed E-state index contributed by atoms with van der Waals surface area (Å²) in [6.45, 7) is 4.97. The van der Waals surface area contributed by atoms with Gasteiger partial charge in [0.05, 0.1) is 13.2 Å². The minimum Gasteiger partial charge on any atom is -0.381 e. The number of hydrogen-bond donors (Lipinski definition) is 0. The summed E-state index contributed by atoms with van der Waals surface area (Å²) in [5.74, 6) is 1.42. The van der Waals surface area contributed by atoms with Crippen LogP contribution < -0.4 is 4.90 Å². The van der Waals surface area contributed by atoms with E-state index in [0.29, 0.717) is 25.3 Å². The first kappa shape index (κ1) is 13.2. The number of ether oxygens (including phenoxy) is 1. The van der Waals surface area contributed by atoms with Crippen molar-refractivity contribution in [3.63, 3.8) is 0 Å². The van der Waals surface area contributed by atoms with Gasteiger partial charge in [0.1, 0.15) is 12.1 Å². The number of rotatable bonds is 3. The molecule has 0 aliphatic carbocycles. The van der Waals surface area contributed by atoms with Crippen molar-refractivity contribution in [1.82, 2.24) is 19.6 Å². The summed E-state index contributed by atoms with van der Waals surface area (Å²) in [5, 5.41) is 4.21. The first-order valence-electron chi connectivity index (χ1n) is 6.64. The molecule has 2 aromatic heterocycles. The number of nitrogens with zero attached hydrogens (tertiary/aromatic N) is 5. The summed E-state index contributed by atoms with van der Waals surface area (Å²) < 4.78 is 21.3. The zero-order chi connectivity index (χ0) is 14.3. The molecule has 0 spiro atoms. The van der Waals surface area contributed by atoms with E-state index in [2.05, 4.69) is 15.1 Å². The van der Waals surface area contributed by atoms with E-state index in [1.165, 1.54) is 13.4 Å². The second-order valence-electron chi connectivity index (χ2n) is 5.37. The molecule has 2 aromatic rings. The lowest BCUT2D eigenvalue weighted by Gasteiger charge is -2.23. The smallest absolute Gasteiger partial charge is 0.254 e. The molecule has 3 heterocycles. The van der Waals surface area contributed by atoms with E-state index in [0.717, 1.165) is 17.1 Å². The molecule has 3 rings (SSSR count). The molecule has 0 bridgehead atoms. The first-order valence-corrected chi connectivity index (χ1v) is 6.64. The normalized spacial score (nSPS) is 22.9. The lowest BCUT2D eigenvalue weighted by Crippen LogP contribution is -2.34. The third-order valence-electron chi connectivity index (χ3n) is 3.88. The van der Waals surface area contributed by atoms with E-state index in [1.54, 1.807) is 4.52 Å². The summed E-state index contributed by atoms with van der Waals surface area (Å²) in [6, 6.07) is 0. The van der Waals surface area contributed by atoms with Crippen LogP contribution in [0.2, 0.25) is 0 Å². The third kappa shape index (κ3) is 2.02. The van der Waals surface area contributed by atoms with Gasteiger partial charge in [-0.2, -0.15) is 14.6 Å². The van der Waals surface area contributed by atoms with Gasteiger partial charge in [-0.05, 0) is 13.8 Å². The molecular weight excluding hydrogens is 261 g/mol. The number of methoxy groups -OCH3 is 1. The van der Waals surface area contributed by atoms with E-state index >= 15 is 0 Å². The van der Waals surface area contributed by atoms with Crippen molar-refractivity contribution in [2.75, 3.05) is 31.7 Å². The van der Waals surface area contributed by atoms with Gasteiger partial charge in [0.25, 0.3) is 5.78 Å². The predicted molar refractivity (Wildman–Crippen MR) is 72.8 cm³/mol. The monoisotopic (exact) mass is 279 g/mol. The fraction of sp³-hybridized carbons (Fsp3) is 0.615. The molecule has 1 aliphatic rings. The highest BCUT2D eigenvalue weighted by atomic mass is 19.1. The van der Waals surface area contributed by atoms with Crippen LogP contribution in [-0.2, 0) is 4.74 Å². The van der Waals surface area contributed by atoms with Gasteiger partial charge >= 0.3 is 0 Å². The predicted octanol–water partition coefficient (Wildman–Crippen LogP) is 1.31. The van der Waals surface area contributed by atoms with Crippen LogP contribution in [0.3, 0.4) is 0 Å². The van der Waals surface area contributed by atoms with Gasteiger partial charge in [-0.25, -0.2) is 9.37 Å². The van der Waals surface area contributed by atoms with Crippen molar-refractivity contribution in [2.24, 2.45) is 0 Å². The van der Waals surface area contributed by atoms with Crippen LogP contribution in [0.4, 0.5) is 10.2 Å². The van der Waals surface area contributed by atoms with Crippen LogP contribution in [0.25, 0.3) is 5.78 Å². The molecule has 0 radical (unpaired) electrons. The molecule has 1 fully saturated rings. The summed E-state index contributed by atoms with van der Waals surface area (Å²) >= 11 is 0. The van der Waals surface area contributed by atoms with E-state index in [9.17, 15) is 4.39 Å². The summed E-state index contributed by atoms with van der Waals surface area (Å²) in [6.07, 6.45) is 1.93. The third-order valence-corrected chi connectivity index (χ3v) is 3.88. The van der Waals surface area contributed by atoms with Crippen LogP contribution in [0, 0.1) is 13.8 Å². The Balaban J connectivity index is 2.03. The summed E-state index contributed by atoms with van der Waals surface area (Å²) in [4.78, 5) is 10.5. The summed E-state index contributed by atoms with van der Waals surface area (Å²) in [7, 11) is 1.53. The topological polar surface area (TPSA) is 55.5 Å². The minimum atomic E-state index is -1.30. The number of aryl methyl sites for hydroxylation is 1. The first-order chi connectivity index (χ1) is 9.54. The molecule has 0 aromatic carbocycles. The number of hydrogen-bond acceptors (Lipinski definition) is 5. The molecule has 1 saturated heterocycles. The number of anilines is 1. The summed E-state index contributed by atoms with van der Waals surface area (Å²) in [5.41, 5.74) is 0.596. The number of alkyl halides is 1. The molecule has 1 unspecified atom stereocenters. The van der Waals surface area contributed by atoms with Crippen LogP contribution in [0.1, 0.15) is 17.7 Å². The average molecular weight is 279 g/mol. The van der Waals surface area contributed by atoms with Crippen molar-refractivity contribution < 1.29 is 9.13 Å². The highest BCUT2D eigenvalue weighted by Gasteiger charge is 2.40. The van der Waals surface area contributed by atoms with Crippen molar-refractivity contribution in [2.45, 2.75) is 25.9 Å². The lowest BCUT2D eigenvalue weighted by molar-refractivity contribution is 0.0570. The Labute approximate surface area is 116 Å². The highest BCUT2D eigenvalue weighted by molar-refractivity contribution is 5.55. The number of fused-ring (bicyclic) bond motifs is 1. The molecule has 0 amide bonds. The van der Waals surface area contributed by atoms with Gasteiger partial charge in [-0.15, -0.1) is 0 Å². The average Bonchev–Trinajstić information content (AvgIpc) is 2.98. The van der Waals surface area contributed by atoms with Crippen molar-refractivity contribution in [1.29, 1.82) is 0 Å².